The minimum Gasteiger partial charge on any atom is -0.469 e. The van der Waals surface area contributed by atoms with Gasteiger partial charge in [-0.15, -0.1) is 0 Å². The average Bonchev–Trinajstić information content (AvgIpc) is 2.59. The van der Waals surface area contributed by atoms with Crippen LogP contribution in [0.15, 0.2) is 36.5 Å². The molecular formula is C21H36O3. The quantitative estimate of drug-likeness (QED) is 0.244. The van der Waals surface area contributed by atoms with E-state index in [1.807, 2.05) is 0 Å². The number of carbonyl (C=O) groups excluding carboxylic acids is 1. The summed E-state index contributed by atoms with van der Waals surface area (Å²) in [5.41, 5.74) is 0. The molecule has 0 aliphatic carbocycles. The van der Waals surface area contributed by atoms with E-state index in [0.29, 0.717) is 6.42 Å². The highest BCUT2D eigenvalue weighted by Gasteiger charge is 1.99. The fourth-order valence-corrected chi connectivity index (χ4v) is 2.26. The largest absolute Gasteiger partial charge is 0.469 e. The van der Waals surface area contributed by atoms with E-state index in [9.17, 15) is 9.90 Å². The van der Waals surface area contributed by atoms with Crippen LogP contribution in [0.1, 0.15) is 77.6 Å². The maximum absolute atomic E-state index is 10.9. The molecule has 1 unspecified atom stereocenters. The third-order valence-corrected chi connectivity index (χ3v) is 3.80. The first kappa shape index (κ1) is 22.6. The Morgan fingerprint density at radius 2 is 1.62 bits per heavy atom. The molecule has 0 aliphatic heterocycles. The number of carbonyl (C=O) groups is 1. The average molecular weight is 337 g/mol. The third-order valence-electron chi connectivity index (χ3n) is 3.80. The molecule has 0 aromatic rings. The monoisotopic (exact) mass is 336 g/mol. The van der Waals surface area contributed by atoms with Crippen molar-refractivity contribution in [3.05, 3.63) is 36.5 Å². The van der Waals surface area contributed by atoms with Gasteiger partial charge in [-0.1, -0.05) is 56.2 Å². The minimum absolute atomic E-state index is 0.141. The highest BCUT2D eigenvalue weighted by atomic mass is 16.5. The second-order valence-electron chi connectivity index (χ2n) is 6.08. The van der Waals surface area contributed by atoms with E-state index >= 15 is 0 Å². The van der Waals surface area contributed by atoms with Crippen molar-refractivity contribution >= 4 is 5.97 Å². The number of rotatable bonds is 15. The van der Waals surface area contributed by atoms with E-state index in [1.54, 1.807) is 0 Å². The number of ether oxygens (including phenoxy) is 1. The van der Waals surface area contributed by atoms with Gasteiger partial charge in [0.1, 0.15) is 0 Å². The minimum atomic E-state index is -0.231. The molecule has 1 atom stereocenters. The summed E-state index contributed by atoms with van der Waals surface area (Å²) in [7, 11) is 1.42. The molecule has 0 aliphatic rings. The van der Waals surface area contributed by atoms with Crippen molar-refractivity contribution in [2.24, 2.45) is 0 Å². The summed E-state index contributed by atoms with van der Waals surface area (Å²) in [4.78, 5) is 10.9. The van der Waals surface area contributed by atoms with E-state index < -0.39 is 0 Å². The maximum Gasteiger partial charge on any atom is 0.305 e. The number of methoxy groups -OCH3 is 1. The molecule has 0 saturated carbocycles. The normalized spacial score (nSPS) is 13.3. The fourth-order valence-electron chi connectivity index (χ4n) is 2.26. The molecule has 0 aromatic carbocycles. The van der Waals surface area contributed by atoms with E-state index in [2.05, 4.69) is 48.1 Å². The first-order chi connectivity index (χ1) is 11.7. The lowest BCUT2D eigenvalue weighted by Crippen LogP contribution is -2.03. The molecule has 3 heteroatoms. The summed E-state index contributed by atoms with van der Waals surface area (Å²) in [6, 6.07) is 0. The van der Waals surface area contributed by atoms with Crippen molar-refractivity contribution < 1.29 is 14.6 Å². The van der Waals surface area contributed by atoms with Gasteiger partial charge in [0.15, 0.2) is 0 Å². The van der Waals surface area contributed by atoms with Crippen LogP contribution in [0.2, 0.25) is 0 Å². The van der Waals surface area contributed by atoms with Gasteiger partial charge in [0, 0.05) is 6.42 Å². The predicted molar refractivity (Wildman–Crippen MR) is 102 cm³/mol. The topological polar surface area (TPSA) is 46.5 Å². The van der Waals surface area contributed by atoms with Crippen molar-refractivity contribution in [1.82, 2.24) is 0 Å². The van der Waals surface area contributed by atoms with Crippen molar-refractivity contribution in [3.8, 4) is 0 Å². The molecule has 138 valence electrons. The summed E-state index contributed by atoms with van der Waals surface area (Å²) in [5, 5.41) is 9.88. The Bertz CT molecular complexity index is 369. The molecular weight excluding hydrogens is 300 g/mol. The first-order valence-corrected chi connectivity index (χ1v) is 9.40. The Balaban J connectivity index is 3.48. The molecule has 0 fully saturated rings. The highest BCUT2D eigenvalue weighted by molar-refractivity contribution is 5.68. The Morgan fingerprint density at radius 1 is 0.958 bits per heavy atom. The number of aliphatic hydroxyl groups excluding tert-OH is 1. The van der Waals surface area contributed by atoms with E-state index in [-0.39, 0.29) is 12.1 Å². The zero-order valence-corrected chi connectivity index (χ0v) is 15.6. The molecule has 0 aromatic heterocycles. The van der Waals surface area contributed by atoms with Gasteiger partial charge in [-0.25, -0.2) is 0 Å². The molecule has 3 nitrogen and oxygen atoms in total. The lowest BCUT2D eigenvalue weighted by atomic mass is 10.1. The van der Waals surface area contributed by atoms with E-state index in [4.69, 9.17) is 0 Å². The predicted octanol–water partition coefficient (Wildman–Crippen LogP) is 5.50. The van der Waals surface area contributed by atoms with Crippen LogP contribution >= 0.6 is 0 Å². The van der Waals surface area contributed by atoms with Crippen molar-refractivity contribution in [3.63, 3.8) is 0 Å². The Labute approximate surface area is 148 Å². The standard InChI is InChI=1S/C21H36O3/c1-3-4-5-6-11-14-17-20(22)18-15-12-9-7-8-10-13-16-19-21(23)24-2/h8-12,14,20,22H,3-7,13,15-19H2,1-2H3/b10-8-,12-9-,14-11-. The first-order valence-electron chi connectivity index (χ1n) is 9.40. The van der Waals surface area contributed by atoms with Crippen molar-refractivity contribution in [2.75, 3.05) is 7.11 Å². The molecule has 0 saturated heterocycles. The zero-order chi connectivity index (χ0) is 17.9. The zero-order valence-electron chi connectivity index (χ0n) is 15.6. The molecule has 0 heterocycles. The van der Waals surface area contributed by atoms with Crippen LogP contribution in [0.25, 0.3) is 0 Å². The third kappa shape index (κ3) is 17.0. The van der Waals surface area contributed by atoms with Gasteiger partial charge in [-0.3, -0.25) is 4.79 Å². The molecule has 0 radical (unpaired) electrons. The lowest BCUT2D eigenvalue weighted by Gasteiger charge is -2.05. The molecule has 0 spiro atoms. The molecule has 0 amide bonds. The SMILES string of the molecule is CCCCC/C=C\CC(O)CC/C=C\C/C=C\CCCC(=O)OC. The fraction of sp³-hybridized carbons (Fsp3) is 0.667. The smallest absolute Gasteiger partial charge is 0.305 e. The van der Waals surface area contributed by atoms with Gasteiger partial charge < -0.3 is 9.84 Å². The second-order valence-corrected chi connectivity index (χ2v) is 6.08. The number of aliphatic hydroxyl groups is 1. The van der Waals surface area contributed by atoms with Crippen LogP contribution in [0.3, 0.4) is 0 Å². The van der Waals surface area contributed by atoms with E-state index in [0.717, 1.165) is 44.9 Å². The lowest BCUT2D eigenvalue weighted by molar-refractivity contribution is -0.140. The van der Waals surface area contributed by atoms with Gasteiger partial charge in [0.25, 0.3) is 0 Å². The maximum atomic E-state index is 10.9. The number of esters is 1. The van der Waals surface area contributed by atoms with Crippen molar-refractivity contribution in [1.29, 1.82) is 0 Å². The van der Waals surface area contributed by atoms with Crippen LogP contribution in [0.5, 0.6) is 0 Å². The molecule has 0 bridgehead atoms. The number of hydrogen-bond acceptors (Lipinski definition) is 3. The van der Waals surface area contributed by atoms with Gasteiger partial charge in [0.05, 0.1) is 13.2 Å². The second kappa shape index (κ2) is 18.0. The van der Waals surface area contributed by atoms with Gasteiger partial charge in [0.2, 0.25) is 0 Å². The summed E-state index contributed by atoms with van der Waals surface area (Å²) < 4.78 is 4.59. The van der Waals surface area contributed by atoms with Crippen LogP contribution in [-0.2, 0) is 9.53 Å². The Hall–Kier alpha value is -1.35. The summed E-state index contributed by atoms with van der Waals surface area (Å²) >= 11 is 0. The number of hydrogen-bond donors (Lipinski definition) is 1. The van der Waals surface area contributed by atoms with Crippen LogP contribution in [-0.4, -0.2) is 24.3 Å². The number of unbranched alkanes of at least 4 members (excludes halogenated alkanes) is 4. The summed E-state index contributed by atoms with van der Waals surface area (Å²) in [6.07, 6.45) is 23.1. The Morgan fingerprint density at radius 3 is 2.33 bits per heavy atom. The van der Waals surface area contributed by atoms with Gasteiger partial charge >= 0.3 is 5.97 Å². The van der Waals surface area contributed by atoms with Crippen LogP contribution in [0, 0.1) is 0 Å². The van der Waals surface area contributed by atoms with Gasteiger partial charge in [-0.2, -0.15) is 0 Å². The Kier molecular flexibility index (Phi) is 17.0. The molecule has 0 rings (SSSR count). The van der Waals surface area contributed by atoms with E-state index in [1.165, 1.54) is 26.4 Å². The number of allylic oxidation sites excluding steroid dienone is 5. The highest BCUT2D eigenvalue weighted by Crippen LogP contribution is 2.06. The van der Waals surface area contributed by atoms with Gasteiger partial charge in [-0.05, 0) is 51.4 Å². The molecule has 24 heavy (non-hydrogen) atoms. The summed E-state index contributed by atoms with van der Waals surface area (Å²) in [5.74, 6) is -0.141. The molecule has 1 N–H and O–H groups in total. The van der Waals surface area contributed by atoms with Crippen molar-refractivity contribution in [2.45, 2.75) is 83.7 Å². The van der Waals surface area contributed by atoms with Crippen LogP contribution < -0.4 is 0 Å². The van der Waals surface area contributed by atoms with Crippen LogP contribution in [0.4, 0.5) is 0 Å². The summed E-state index contributed by atoms with van der Waals surface area (Å²) in [6.45, 7) is 2.21.